The molecule has 1 aromatic heterocycles. The number of nitrogens with zero attached hydrogens (tertiary/aromatic N) is 1. The van der Waals surface area contributed by atoms with Gasteiger partial charge in [0.05, 0.1) is 33.2 Å². The number of aromatic nitrogens is 1. The fourth-order valence-electron chi connectivity index (χ4n) is 3.61. The number of fused-ring (bicyclic) bond motifs is 1. The normalized spacial score (nSPS) is 14.0. The number of rotatable bonds is 6. The second kappa shape index (κ2) is 9.00. The molecular weight excluding hydrogens is 382 g/mol. The summed E-state index contributed by atoms with van der Waals surface area (Å²) in [6.45, 7) is 2.49. The molecule has 2 N–H and O–H groups in total. The average molecular weight is 407 g/mol. The van der Waals surface area contributed by atoms with E-state index in [4.69, 9.17) is 9.47 Å². The lowest BCUT2D eigenvalue weighted by Crippen LogP contribution is -2.41. The highest BCUT2D eigenvalue weighted by molar-refractivity contribution is 5.96. The molecule has 0 unspecified atom stereocenters. The van der Waals surface area contributed by atoms with Crippen LogP contribution in [0.2, 0.25) is 0 Å². The molecule has 0 aliphatic carbocycles. The minimum atomic E-state index is -0.101. The molecule has 0 spiro atoms. The first kappa shape index (κ1) is 20.0. The van der Waals surface area contributed by atoms with Crippen LogP contribution in [0.25, 0.3) is 10.9 Å². The van der Waals surface area contributed by atoms with E-state index in [-0.39, 0.29) is 18.2 Å². The molecule has 2 heterocycles. The molecule has 3 aromatic rings. The van der Waals surface area contributed by atoms with Crippen LogP contribution in [-0.2, 0) is 27.2 Å². The molecule has 1 saturated heterocycles. The highest BCUT2D eigenvalue weighted by Crippen LogP contribution is 2.24. The topological polar surface area (TPSA) is 83.7 Å². The summed E-state index contributed by atoms with van der Waals surface area (Å²) in [6.07, 6.45) is 2.46. The Hall–Kier alpha value is -3.32. The number of hydrogen-bond acceptors (Lipinski definition) is 4. The molecule has 2 amide bonds. The predicted molar refractivity (Wildman–Crippen MR) is 115 cm³/mol. The maximum Gasteiger partial charge on any atom is 0.228 e. The van der Waals surface area contributed by atoms with Crippen LogP contribution < -0.4 is 10.1 Å². The van der Waals surface area contributed by atoms with Crippen molar-refractivity contribution < 1.29 is 19.1 Å². The number of ether oxygens (including phenoxy) is 2. The summed E-state index contributed by atoms with van der Waals surface area (Å²) in [7, 11) is 1.62. The Morgan fingerprint density at radius 3 is 2.60 bits per heavy atom. The number of anilines is 1. The number of nitrogens with one attached hydrogen (secondary N) is 2. The van der Waals surface area contributed by atoms with Gasteiger partial charge in [0.15, 0.2) is 0 Å². The average Bonchev–Trinajstić information content (AvgIpc) is 3.17. The molecule has 1 aliphatic heterocycles. The number of H-pyrrole nitrogens is 1. The Bertz CT molecular complexity index is 1040. The van der Waals surface area contributed by atoms with Crippen LogP contribution in [-0.4, -0.2) is 55.1 Å². The number of morpholine rings is 1. The molecule has 156 valence electrons. The van der Waals surface area contributed by atoms with Crippen LogP contribution in [0.4, 0.5) is 5.69 Å². The third-order valence-corrected chi connectivity index (χ3v) is 5.28. The summed E-state index contributed by atoms with van der Waals surface area (Å²) < 4.78 is 10.6. The van der Waals surface area contributed by atoms with Crippen LogP contribution in [0, 0.1) is 0 Å². The van der Waals surface area contributed by atoms with Gasteiger partial charge in [-0.05, 0) is 41.5 Å². The van der Waals surface area contributed by atoms with Gasteiger partial charge in [-0.25, -0.2) is 0 Å². The number of amides is 2. The van der Waals surface area contributed by atoms with E-state index in [0.717, 1.165) is 27.8 Å². The second-order valence-corrected chi connectivity index (χ2v) is 7.32. The maximum atomic E-state index is 12.5. The molecule has 1 fully saturated rings. The van der Waals surface area contributed by atoms with E-state index in [2.05, 4.69) is 10.3 Å². The van der Waals surface area contributed by atoms with Crippen molar-refractivity contribution in [1.29, 1.82) is 0 Å². The van der Waals surface area contributed by atoms with Gasteiger partial charge in [0.2, 0.25) is 11.8 Å². The summed E-state index contributed by atoms with van der Waals surface area (Å²) in [5, 5.41) is 3.90. The van der Waals surface area contributed by atoms with Crippen LogP contribution in [0.1, 0.15) is 11.1 Å². The fraction of sp³-hybridized carbons (Fsp3) is 0.304. The van der Waals surface area contributed by atoms with Gasteiger partial charge < -0.3 is 24.7 Å². The van der Waals surface area contributed by atoms with E-state index in [9.17, 15) is 9.59 Å². The van der Waals surface area contributed by atoms with Crippen molar-refractivity contribution in [2.75, 3.05) is 38.7 Å². The molecule has 7 heteroatoms. The van der Waals surface area contributed by atoms with Crippen molar-refractivity contribution in [2.24, 2.45) is 0 Å². The second-order valence-electron chi connectivity index (χ2n) is 7.32. The van der Waals surface area contributed by atoms with E-state index in [1.54, 1.807) is 7.11 Å². The number of aromatic amines is 1. The zero-order valence-corrected chi connectivity index (χ0v) is 16.9. The van der Waals surface area contributed by atoms with Gasteiger partial charge in [0.1, 0.15) is 5.75 Å². The third-order valence-electron chi connectivity index (χ3n) is 5.28. The van der Waals surface area contributed by atoms with Crippen LogP contribution in [0.5, 0.6) is 5.75 Å². The Morgan fingerprint density at radius 1 is 1.10 bits per heavy atom. The number of carbonyl (C=O) groups is 2. The van der Waals surface area contributed by atoms with Crippen molar-refractivity contribution in [3.8, 4) is 5.75 Å². The van der Waals surface area contributed by atoms with Crippen molar-refractivity contribution >= 4 is 28.4 Å². The first-order valence-electron chi connectivity index (χ1n) is 10.0. The zero-order chi connectivity index (χ0) is 20.9. The summed E-state index contributed by atoms with van der Waals surface area (Å²) in [4.78, 5) is 29.9. The van der Waals surface area contributed by atoms with E-state index in [1.807, 2.05) is 53.6 Å². The Balaban J connectivity index is 1.35. The minimum absolute atomic E-state index is 0.101. The summed E-state index contributed by atoms with van der Waals surface area (Å²) in [5.74, 6) is 0.756. The smallest absolute Gasteiger partial charge is 0.228 e. The number of carbonyl (C=O) groups excluding carboxylic acids is 2. The molecule has 0 bridgehead atoms. The first-order valence-corrected chi connectivity index (χ1v) is 10.0. The van der Waals surface area contributed by atoms with E-state index < -0.39 is 0 Å². The van der Waals surface area contributed by atoms with E-state index in [0.29, 0.717) is 38.4 Å². The van der Waals surface area contributed by atoms with E-state index in [1.165, 1.54) is 0 Å². The predicted octanol–water partition coefficient (Wildman–Crippen LogP) is 2.76. The van der Waals surface area contributed by atoms with Gasteiger partial charge in [-0.3, -0.25) is 9.59 Å². The molecule has 4 rings (SSSR count). The monoisotopic (exact) mass is 407 g/mol. The summed E-state index contributed by atoms with van der Waals surface area (Å²) in [6, 6.07) is 13.2. The Labute approximate surface area is 175 Å². The molecule has 0 radical (unpaired) electrons. The van der Waals surface area contributed by atoms with Crippen molar-refractivity contribution in [3.05, 3.63) is 59.8 Å². The number of methoxy groups -OCH3 is 1. The van der Waals surface area contributed by atoms with Crippen molar-refractivity contribution in [2.45, 2.75) is 12.8 Å². The van der Waals surface area contributed by atoms with Gasteiger partial charge in [-0.2, -0.15) is 0 Å². The molecule has 7 nitrogen and oxygen atoms in total. The Kier molecular flexibility index (Phi) is 5.99. The molecule has 30 heavy (non-hydrogen) atoms. The molecule has 0 saturated carbocycles. The lowest BCUT2D eigenvalue weighted by molar-refractivity contribution is -0.134. The van der Waals surface area contributed by atoms with Crippen LogP contribution in [0.15, 0.2) is 48.7 Å². The van der Waals surface area contributed by atoms with Gasteiger partial charge in [0, 0.05) is 35.9 Å². The molecular formula is C23H25N3O4. The molecule has 0 atom stereocenters. The quantitative estimate of drug-likeness (QED) is 0.658. The van der Waals surface area contributed by atoms with E-state index >= 15 is 0 Å². The van der Waals surface area contributed by atoms with Crippen molar-refractivity contribution in [1.82, 2.24) is 9.88 Å². The van der Waals surface area contributed by atoms with Crippen LogP contribution in [0.3, 0.4) is 0 Å². The van der Waals surface area contributed by atoms with Gasteiger partial charge >= 0.3 is 0 Å². The maximum absolute atomic E-state index is 12.5. The highest BCUT2D eigenvalue weighted by atomic mass is 16.5. The standard InChI is InChI=1S/C23H25N3O4/c1-29-19-6-7-21-20(14-19)17(15-24-21)13-22(27)25-18-4-2-16(3-5-18)12-23(28)26-8-10-30-11-9-26/h2-7,14-15,24H,8-13H2,1H3,(H,25,27). The zero-order valence-electron chi connectivity index (χ0n) is 16.9. The Morgan fingerprint density at radius 2 is 1.87 bits per heavy atom. The largest absolute Gasteiger partial charge is 0.497 e. The fourth-order valence-corrected chi connectivity index (χ4v) is 3.61. The molecule has 2 aromatic carbocycles. The first-order chi connectivity index (χ1) is 14.6. The number of hydrogen-bond donors (Lipinski definition) is 2. The summed E-state index contributed by atoms with van der Waals surface area (Å²) in [5.41, 5.74) is 3.51. The van der Waals surface area contributed by atoms with Gasteiger partial charge in [-0.1, -0.05) is 12.1 Å². The SMILES string of the molecule is COc1ccc2[nH]cc(CC(=O)Nc3ccc(CC(=O)N4CCOCC4)cc3)c2c1. The lowest BCUT2D eigenvalue weighted by Gasteiger charge is -2.26. The molecule has 1 aliphatic rings. The highest BCUT2D eigenvalue weighted by Gasteiger charge is 2.17. The third kappa shape index (κ3) is 4.63. The van der Waals surface area contributed by atoms with Gasteiger partial charge in [-0.15, -0.1) is 0 Å². The lowest BCUT2D eigenvalue weighted by atomic mass is 10.1. The summed E-state index contributed by atoms with van der Waals surface area (Å²) >= 11 is 0. The van der Waals surface area contributed by atoms with Gasteiger partial charge in [0.25, 0.3) is 0 Å². The minimum Gasteiger partial charge on any atom is -0.497 e. The van der Waals surface area contributed by atoms with Crippen LogP contribution >= 0.6 is 0 Å². The number of benzene rings is 2. The van der Waals surface area contributed by atoms with Crippen molar-refractivity contribution in [3.63, 3.8) is 0 Å².